The monoisotopic (exact) mass is 274 g/mol. The Balaban J connectivity index is 2.26. The van der Waals surface area contributed by atoms with Crippen LogP contribution in [0.2, 0.25) is 0 Å². The van der Waals surface area contributed by atoms with Gasteiger partial charge in [-0.1, -0.05) is 6.07 Å². The normalized spacial score (nSPS) is 11.7. The van der Waals surface area contributed by atoms with E-state index in [0.717, 1.165) is 38.0 Å². The second kappa shape index (κ2) is 6.86. The molecule has 0 saturated carbocycles. The third-order valence-corrected chi connectivity index (χ3v) is 3.57. The molecule has 1 heterocycles. The molecule has 2 rings (SSSR count). The topological polar surface area (TPSA) is 33.1 Å². The first-order valence-corrected chi connectivity index (χ1v) is 7.37. The minimum atomic E-state index is 0.968. The molecule has 4 nitrogen and oxygen atoms in total. The Morgan fingerprint density at radius 1 is 1.30 bits per heavy atom. The van der Waals surface area contributed by atoms with Gasteiger partial charge in [0.15, 0.2) is 0 Å². The van der Waals surface area contributed by atoms with Crippen molar-refractivity contribution in [3.63, 3.8) is 0 Å². The molecule has 2 aromatic rings. The third kappa shape index (κ3) is 3.58. The average molecular weight is 274 g/mol. The number of benzene rings is 1. The van der Waals surface area contributed by atoms with Gasteiger partial charge in [0.1, 0.15) is 5.82 Å². The molecule has 20 heavy (non-hydrogen) atoms. The van der Waals surface area contributed by atoms with Crippen LogP contribution in [0.5, 0.6) is 0 Å². The maximum Gasteiger partial charge on any atom is 0.111 e. The van der Waals surface area contributed by atoms with Crippen molar-refractivity contribution in [2.24, 2.45) is 0 Å². The van der Waals surface area contributed by atoms with Crippen LogP contribution < -0.4 is 5.32 Å². The van der Waals surface area contributed by atoms with Gasteiger partial charge in [0.2, 0.25) is 0 Å². The molecule has 1 N–H and O–H groups in total. The van der Waals surface area contributed by atoms with Crippen molar-refractivity contribution in [2.75, 3.05) is 34.2 Å². The molecule has 0 unspecified atom stereocenters. The van der Waals surface area contributed by atoms with Gasteiger partial charge in [0.05, 0.1) is 11.0 Å². The van der Waals surface area contributed by atoms with Crippen molar-refractivity contribution in [1.82, 2.24) is 19.8 Å². The highest BCUT2D eigenvalue weighted by atomic mass is 15.1. The van der Waals surface area contributed by atoms with Crippen molar-refractivity contribution in [2.45, 2.75) is 26.3 Å². The number of hydrogen-bond donors (Lipinski definition) is 1. The summed E-state index contributed by atoms with van der Waals surface area (Å²) in [5.41, 5.74) is 3.66. The first-order chi connectivity index (χ1) is 9.61. The van der Waals surface area contributed by atoms with Gasteiger partial charge < -0.3 is 14.8 Å². The molecule has 0 aliphatic heterocycles. The Morgan fingerprint density at radius 3 is 2.80 bits per heavy atom. The summed E-state index contributed by atoms with van der Waals surface area (Å²) < 4.78 is 2.38. The Bertz CT molecular complexity index is 557. The van der Waals surface area contributed by atoms with Gasteiger partial charge in [-0.3, -0.25) is 0 Å². The van der Waals surface area contributed by atoms with Gasteiger partial charge in [0.25, 0.3) is 0 Å². The van der Waals surface area contributed by atoms with Crippen molar-refractivity contribution >= 4 is 11.0 Å². The highest BCUT2D eigenvalue weighted by Gasteiger charge is 2.10. The van der Waals surface area contributed by atoms with Crippen LogP contribution in [0.15, 0.2) is 18.2 Å². The second-order valence-electron chi connectivity index (χ2n) is 5.68. The molecule has 0 atom stereocenters. The predicted octanol–water partition coefficient (Wildman–Crippen LogP) is 2.06. The molecule has 1 aromatic heterocycles. The largest absolute Gasteiger partial charge is 0.328 e. The van der Waals surface area contributed by atoms with Crippen molar-refractivity contribution in [3.8, 4) is 0 Å². The SMILES string of the molecule is CNCCc1nc2cc(C)ccc2n1CCCN(C)C. The smallest absolute Gasteiger partial charge is 0.111 e. The maximum absolute atomic E-state index is 4.82. The summed E-state index contributed by atoms with van der Waals surface area (Å²) in [7, 11) is 6.23. The minimum absolute atomic E-state index is 0.968. The van der Waals surface area contributed by atoms with E-state index in [1.807, 2.05) is 7.05 Å². The van der Waals surface area contributed by atoms with Crippen molar-refractivity contribution < 1.29 is 0 Å². The van der Waals surface area contributed by atoms with E-state index in [2.05, 4.69) is 54.0 Å². The van der Waals surface area contributed by atoms with Crippen LogP contribution in [0.25, 0.3) is 11.0 Å². The lowest BCUT2D eigenvalue weighted by Gasteiger charge is -2.12. The number of nitrogens with one attached hydrogen (secondary N) is 1. The van der Waals surface area contributed by atoms with Crippen LogP contribution in [-0.4, -0.2) is 48.7 Å². The van der Waals surface area contributed by atoms with Gasteiger partial charge in [0, 0.05) is 19.5 Å². The van der Waals surface area contributed by atoms with Gasteiger partial charge >= 0.3 is 0 Å². The summed E-state index contributed by atoms with van der Waals surface area (Å²) in [6.07, 6.45) is 2.13. The molecule has 0 fully saturated rings. The zero-order valence-electron chi connectivity index (χ0n) is 13.1. The Kier molecular flexibility index (Phi) is 5.15. The zero-order chi connectivity index (χ0) is 14.5. The van der Waals surface area contributed by atoms with Gasteiger partial charge in [-0.05, 0) is 58.7 Å². The van der Waals surface area contributed by atoms with E-state index in [1.165, 1.54) is 16.9 Å². The molecule has 0 aliphatic rings. The lowest BCUT2D eigenvalue weighted by Crippen LogP contribution is -2.17. The number of aromatic nitrogens is 2. The fraction of sp³-hybridized carbons (Fsp3) is 0.562. The van der Waals surface area contributed by atoms with E-state index in [4.69, 9.17) is 4.98 Å². The molecule has 0 amide bonds. The molecular formula is C16H26N4. The van der Waals surface area contributed by atoms with Crippen LogP contribution in [-0.2, 0) is 13.0 Å². The van der Waals surface area contributed by atoms with Crippen LogP contribution in [0.3, 0.4) is 0 Å². The summed E-state index contributed by atoms with van der Waals surface area (Å²) in [4.78, 5) is 7.05. The predicted molar refractivity (Wildman–Crippen MR) is 85.3 cm³/mol. The molecule has 0 bridgehead atoms. The quantitative estimate of drug-likeness (QED) is 0.839. The summed E-state index contributed by atoms with van der Waals surface area (Å²) in [5.74, 6) is 1.19. The number of aryl methyl sites for hydroxylation is 2. The van der Waals surface area contributed by atoms with Crippen LogP contribution in [0, 0.1) is 6.92 Å². The van der Waals surface area contributed by atoms with Gasteiger partial charge in [-0.25, -0.2) is 4.98 Å². The fourth-order valence-corrected chi connectivity index (χ4v) is 2.51. The minimum Gasteiger partial charge on any atom is -0.328 e. The Morgan fingerprint density at radius 2 is 2.10 bits per heavy atom. The van der Waals surface area contributed by atoms with E-state index < -0.39 is 0 Å². The number of likely N-dealkylation sites (N-methyl/N-ethyl adjacent to an activating group) is 1. The van der Waals surface area contributed by atoms with Crippen molar-refractivity contribution in [1.29, 1.82) is 0 Å². The van der Waals surface area contributed by atoms with E-state index >= 15 is 0 Å². The lowest BCUT2D eigenvalue weighted by atomic mass is 10.2. The standard InChI is InChI=1S/C16H26N4/c1-13-6-7-15-14(12-13)18-16(8-9-17-2)20(15)11-5-10-19(3)4/h6-7,12,17H,5,8-11H2,1-4H3. The summed E-state index contributed by atoms with van der Waals surface area (Å²) in [5, 5.41) is 3.21. The van der Waals surface area contributed by atoms with Crippen molar-refractivity contribution in [3.05, 3.63) is 29.6 Å². The number of fused-ring (bicyclic) bond motifs is 1. The van der Waals surface area contributed by atoms with E-state index in [1.54, 1.807) is 0 Å². The maximum atomic E-state index is 4.82. The first kappa shape index (κ1) is 15.0. The number of imidazole rings is 1. The average Bonchev–Trinajstić information content (AvgIpc) is 2.73. The van der Waals surface area contributed by atoms with Gasteiger partial charge in [-0.15, -0.1) is 0 Å². The zero-order valence-corrected chi connectivity index (χ0v) is 13.1. The molecule has 0 spiro atoms. The number of rotatable bonds is 7. The molecule has 0 saturated heterocycles. The number of hydrogen-bond acceptors (Lipinski definition) is 3. The highest BCUT2D eigenvalue weighted by Crippen LogP contribution is 2.18. The molecular weight excluding hydrogens is 248 g/mol. The lowest BCUT2D eigenvalue weighted by molar-refractivity contribution is 0.386. The van der Waals surface area contributed by atoms with Crippen LogP contribution >= 0.6 is 0 Å². The van der Waals surface area contributed by atoms with Crippen LogP contribution in [0.1, 0.15) is 17.8 Å². The number of nitrogens with zero attached hydrogens (tertiary/aromatic N) is 3. The Hall–Kier alpha value is -1.39. The van der Waals surface area contributed by atoms with E-state index in [0.29, 0.717) is 0 Å². The fourth-order valence-electron chi connectivity index (χ4n) is 2.51. The second-order valence-corrected chi connectivity index (χ2v) is 5.68. The highest BCUT2D eigenvalue weighted by molar-refractivity contribution is 5.76. The third-order valence-electron chi connectivity index (χ3n) is 3.57. The van der Waals surface area contributed by atoms with E-state index in [9.17, 15) is 0 Å². The summed E-state index contributed by atoms with van der Waals surface area (Å²) in [6, 6.07) is 6.56. The van der Waals surface area contributed by atoms with E-state index in [-0.39, 0.29) is 0 Å². The molecule has 0 aliphatic carbocycles. The summed E-state index contributed by atoms with van der Waals surface area (Å²) in [6.45, 7) is 5.24. The van der Waals surface area contributed by atoms with Crippen LogP contribution in [0.4, 0.5) is 0 Å². The summed E-state index contributed by atoms with van der Waals surface area (Å²) >= 11 is 0. The molecule has 110 valence electrons. The first-order valence-electron chi connectivity index (χ1n) is 7.37. The Labute approximate surface area is 121 Å². The molecule has 4 heteroatoms. The van der Waals surface area contributed by atoms with Gasteiger partial charge in [-0.2, -0.15) is 0 Å². The molecule has 0 radical (unpaired) electrons. The molecule has 1 aromatic carbocycles.